The van der Waals surface area contributed by atoms with Gasteiger partial charge in [0.15, 0.2) is 5.58 Å². The lowest BCUT2D eigenvalue weighted by atomic mass is 10.1. The molecular weight excluding hydrogens is 472 g/mol. The summed E-state index contributed by atoms with van der Waals surface area (Å²) in [7, 11) is 0. The molecule has 1 aliphatic rings. The number of para-hydroxylation sites is 4. The van der Waals surface area contributed by atoms with Crippen LogP contribution in [0.3, 0.4) is 0 Å². The standard InChI is InChI=1S/C29H20N2O4S/c32-27(31-22-12-4-7-15-25(22)36-26-16-8-5-13-23(26)31)17-18-34-29(33)20-10-2-1-9-19(20)28-30-21-11-3-6-14-24(21)35-28/h1-16H,17-18H2. The first-order valence-electron chi connectivity index (χ1n) is 11.5. The van der Waals surface area contributed by atoms with Crippen LogP contribution in [-0.4, -0.2) is 23.5 Å². The molecule has 0 fully saturated rings. The Balaban J connectivity index is 1.19. The highest BCUT2D eigenvalue weighted by Crippen LogP contribution is 2.48. The van der Waals surface area contributed by atoms with Crippen molar-refractivity contribution in [3.8, 4) is 11.5 Å². The Morgan fingerprint density at radius 3 is 2.19 bits per heavy atom. The summed E-state index contributed by atoms with van der Waals surface area (Å²) >= 11 is 1.64. The molecule has 0 saturated heterocycles. The van der Waals surface area contributed by atoms with Gasteiger partial charge < -0.3 is 9.15 Å². The van der Waals surface area contributed by atoms with Gasteiger partial charge in [-0.1, -0.05) is 60.3 Å². The lowest BCUT2D eigenvalue weighted by molar-refractivity contribution is -0.118. The van der Waals surface area contributed by atoms with E-state index in [0.29, 0.717) is 28.1 Å². The van der Waals surface area contributed by atoms with Crippen LogP contribution >= 0.6 is 11.8 Å². The number of aromatic nitrogens is 1. The quantitative estimate of drug-likeness (QED) is 0.249. The van der Waals surface area contributed by atoms with Crippen LogP contribution in [0.4, 0.5) is 11.4 Å². The summed E-state index contributed by atoms with van der Waals surface area (Å²) in [4.78, 5) is 34.5. The summed E-state index contributed by atoms with van der Waals surface area (Å²) in [6, 6.07) is 30.0. The average Bonchev–Trinajstić information content (AvgIpc) is 3.36. The second kappa shape index (κ2) is 9.36. The van der Waals surface area contributed by atoms with Gasteiger partial charge >= 0.3 is 5.97 Å². The van der Waals surface area contributed by atoms with E-state index in [1.807, 2.05) is 78.9 Å². The van der Waals surface area contributed by atoms with Gasteiger partial charge in [0.1, 0.15) is 12.1 Å². The van der Waals surface area contributed by atoms with Crippen molar-refractivity contribution in [3.05, 3.63) is 103 Å². The molecule has 0 atom stereocenters. The molecule has 1 amide bonds. The molecule has 2 heterocycles. The van der Waals surface area contributed by atoms with Gasteiger partial charge in [-0.3, -0.25) is 9.69 Å². The number of fused-ring (bicyclic) bond motifs is 3. The molecule has 0 saturated carbocycles. The van der Waals surface area contributed by atoms with Gasteiger partial charge in [-0.05, 0) is 48.5 Å². The molecule has 0 aliphatic carbocycles. The summed E-state index contributed by atoms with van der Waals surface area (Å²) in [6.45, 7) is -0.0481. The van der Waals surface area contributed by atoms with Crippen molar-refractivity contribution in [1.29, 1.82) is 0 Å². The predicted molar refractivity (Wildman–Crippen MR) is 138 cm³/mol. The molecule has 176 valence electrons. The minimum Gasteiger partial charge on any atom is -0.462 e. The first-order chi connectivity index (χ1) is 17.7. The number of benzene rings is 4. The summed E-state index contributed by atoms with van der Waals surface area (Å²) in [5, 5.41) is 0. The smallest absolute Gasteiger partial charge is 0.338 e. The lowest BCUT2D eigenvalue weighted by Gasteiger charge is -2.31. The molecule has 7 heteroatoms. The first kappa shape index (κ1) is 22.1. The Kier molecular flexibility index (Phi) is 5.75. The van der Waals surface area contributed by atoms with Crippen LogP contribution in [0.25, 0.3) is 22.6 Å². The zero-order valence-corrected chi connectivity index (χ0v) is 19.9. The van der Waals surface area contributed by atoms with Gasteiger partial charge in [0.2, 0.25) is 11.8 Å². The van der Waals surface area contributed by atoms with E-state index in [1.165, 1.54) is 0 Å². The third kappa shape index (κ3) is 4.03. The van der Waals surface area contributed by atoms with Gasteiger partial charge in [0, 0.05) is 9.79 Å². The SMILES string of the molecule is O=C(OCCC(=O)N1c2ccccc2Sc2ccccc21)c1ccccc1-c1nc2ccccc2o1. The molecule has 0 radical (unpaired) electrons. The maximum atomic E-state index is 13.3. The average molecular weight is 493 g/mol. The highest BCUT2D eigenvalue weighted by molar-refractivity contribution is 7.99. The van der Waals surface area contributed by atoms with Crippen molar-refractivity contribution in [2.45, 2.75) is 16.2 Å². The van der Waals surface area contributed by atoms with Crippen molar-refractivity contribution in [3.63, 3.8) is 0 Å². The van der Waals surface area contributed by atoms with Crippen LogP contribution in [-0.2, 0) is 9.53 Å². The van der Waals surface area contributed by atoms with E-state index in [0.717, 1.165) is 21.2 Å². The van der Waals surface area contributed by atoms with Crippen molar-refractivity contribution in [2.24, 2.45) is 0 Å². The number of carbonyl (C=O) groups is 2. The van der Waals surface area contributed by atoms with Crippen molar-refractivity contribution in [1.82, 2.24) is 4.98 Å². The van der Waals surface area contributed by atoms with Gasteiger partial charge in [0.25, 0.3) is 0 Å². The van der Waals surface area contributed by atoms with E-state index in [-0.39, 0.29) is 18.9 Å². The molecule has 1 aliphatic heterocycles. The van der Waals surface area contributed by atoms with Crippen LogP contribution in [0.2, 0.25) is 0 Å². The lowest BCUT2D eigenvalue weighted by Crippen LogP contribution is -2.29. The van der Waals surface area contributed by atoms with Gasteiger partial charge in [-0.2, -0.15) is 0 Å². The Morgan fingerprint density at radius 2 is 1.44 bits per heavy atom. The van der Waals surface area contributed by atoms with Crippen molar-refractivity contribution < 1.29 is 18.7 Å². The zero-order chi connectivity index (χ0) is 24.5. The van der Waals surface area contributed by atoms with Crippen LogP contribution in [0.1, 0.15) is 16.8 Å². The van der Waals surface area contributed by atoms with Gasteiger partial charge in [0.05, 0.1) is 28.9 Å². The number of carbonyl (C=O) groups excluding carboxylic acids is 2. The molecule has 0 spiro atoms. The van der Waals surface area contributed by atoms with Gasteiger partial charge in [-0.15, -0.1) is 0 Å². The van der Waals surface area contributed by atoms with E-state index < -0.39 is 5.97 Å². The fourth-order valence-electron chi connectivity index (χ4n) is 4.23. The molecule has 0 unspecified atom stereocenters. The molecule has 1 aromatic heterocycles. The topological polar surface area (TPSA) is 72.6 Å². The fourth-order valence-corrected chi connectivity index (χ4v) is 5.29. The van der Waals surface area contributed by atoms with E-state index in [1.54, 1.807) is 34.9 Å². The normalized spacial score (nSPS) is 12.2. The number of esters is 1. The largest absolute Gasteiger partial charge is 0.462 e. The molecule has 0 bridgehead atoms. The van der Waals surface area contributed by atoms with E-state index in [4.69, 9.17) is 9.15 Å². The second-order valence-corrected chi connectivity index (χ2v) is 9.27. The fraction of sp³-hybridized carbons (Fsp3) is 0.0690. The molecule has 5 aromatic rings. The minimum atomic E-state index is -0.532. The Bertz CT molecular complexity index is 1530. The monoisotopic (exact) mass is 492 g/mol. The van der Waals surface area contributed by atoms with Crippen LogP contribution in [0, 0.1) is 0 Å². The summed E-state index contributed by atoms with van der Waals surface area (Å²) in [6.07, 6.45) is 0.0458. The van der Waals surface area contributed by atoms with Crippen LogP contribution < -0.4 is 4.90 Å². The molecule has 6 nitrogen and oxygen atoms in total. The highest BCUT2D eigenvalue weighted by Gasteiger charge is 2.28. The van der Waals surface area contributed by atoms with Crippen LogP contribution in [0.5, 0.6) is 0 Å². The maximum Gasteiger partial charge on any atom is 0.338 e. The number of anilines is 2. The number of amides is 1. The van der Waals surface area contributed by atoms with E-state index in [9.17, 15) is 9.59 Å². The summed E-state index contributed by atoms with van der Waals surface area (Å²) < 4.78 is 11.4. The molecule has 0 N–H and O–H groups in total. The van der Waals surface area contributed by atoms with E-state index in [2.05, 4.69) is 4.98 Å². The van der Waals surface area contributed by atoms with Crippen molar-refractivity contribution in [2.75, 3.05) is 11.5 Å². The number of nitrogens with zero attached hydrogens (tertiary/aromatic N) is 2. The summed E-state index contributed by atoms with van der Waals surface area (Å²) in [5.74, 6) is -0.329. The molecule has 36 heavy (non-hydrogen) atoms. The predicted octanol–water partition coefficient (Wildman–Crippen LogP) is 6.87. The summed E-state index contributed by atoms with van der Waals surface area (Å²) in [5.41, 5.74) is 3.89. The Morgan fingerprint density at radius 1 is 0.806 bits per heavy atom. The third-order valence-electron chi connectivity index (χ3n) is 5.90. The number of hydrogen-bond donors (Lipinski definition) is 0. The van der Waals surface area contributed by atoms with E-state index >= 15 is 0 Å². The zero-order valence-electron chi connectivity index (χ0n) is 19.1. The molecule has 4 aromatic carbocycles. The Hall–Kier alpha value is -4.36. The highest BCUT2D eigenvalue weighted by atomic mass is 32.2. The minimum absolute atomic E-state index is 0.0458. The maximum absolute atomic E-state index is 13.3. The second-order valence-electron chi connectivity index (χ2n) is 8.18. The van der Waals surface area contributed by atoms with Crippen molar-refractivity contribution >= 4 is 46.1 Å². The molecule has 6 rings (SSSR count). The third-order valence-corrected chi connectivity index (χ3v) is 7.03. The van der Waals surface area contributed by atoms with Crippen LogP contribution in [0.15, 0.2) is 111 Å². The number of ether oxygens (including phenoxy) is 1. The number of hydrogen-bond acceptors (Lipinski definition) is 6. The molecular formula is C29H20N2O4S. The Labute approximate surface area is 211 Å². The number of rotatable bonds is 5. The first-order valence-corrected chi connectivity index (χ1v) is 12.3. The van der Waals surface area contributed by atoms with Gasteiger partial charge in [-0.25, -0.2) is 9.78 Å². The number of oxazole rings is 1.